The van der Waals surface area contributed by atoms with Crippen LogP contribution in [0, 0.1) is 13.8 Å². The maximum Gasteiger partial charge on any atom is 0.323 e. The fourth-order valence-corrected chi connectivity index (χ4v) is 2.30. The molecule has 2 rings (SSSR count). The number of carboxylic acids is 1. The molecule has 6 nitrogen and oxygen atoms in total. The molecule has 2 heterocycles. The summed E-state index contributed by atoms with van der Waals surface area (Å²) in [5.41, 5.74) is 2.11. The lowest BCUT2D eigenvalue weighted by molar-refractivity contribution is -0.137. The van der Waals surface area contributed by atoms with Gasteiger partial charge in [0.05, 0.1) is 5.56 Å². The maximum atomic E-state index is 12.3. The lowest BCUT2D eigenvalue weighted by Gasteiger charge is -2.14. The first-order valence-electron chi connectivity index (χ1n) is 6.49. The number of carbonyl (C=O) groups excluding carboxylic acids is 1. The van der Waals surface area contributed by atoms with Crippen LogP contribution in [0.4, 0.5) is 0 Å². The highest BCUT2D eigenvalue weighted by Crippen LogP contribution is 2.20. The molecule has 110 valence electrons. The lowest BCUT2D eigenvalue weighted by Crippen LogP contribution is -2.32. The molecule has 0 spiro atoms. The van der Waals surface area contributed by atoms with E-state index in [-0.39, 0.29) is 12.5 Å². The number of likely N-dealkylation sites (N-methyl/N-ethyl adjacent to an activating group) is 1. The van der Waals surface area contributed by atoms with E-state index in [2.05, 4.69) is 4.98 Å². The maximum absolute atomic E-state index is 12.3. The first kappa shape index (κ1) is 14.8. The number of aryl methyl sites for hydroxylation is 1. The van der Waals surface area contributed by atoms with Gasteiger partial charge in [-0.05, 0) is 32.0 Å². The van der Waals surface area contributed by atoms with Crippen LogP contribution in [0.3, 0.4) is 0 Å². The van der Waals surface area contributed by atoms with Gasteiger partial charge in [0.15, 0.2) is 0 Å². The smallest absolute Gasteiger partial charge is 0.323 e. The Morgan fingerprint density at radius 2 is 2.05 bits per heavy atom. The van der Waals surface area contributed by atoms with Crippen LogP contribution in [0.1, 0.15) is 21.7 Å². The first-order chi connectivity index (χ1) is 9.91. The Morgan fingerprint density at radius 1 is 1.33 bits per heavy atom. The van der Waals surface area contributed by atoms with Gasteiger partial charge in [0.1, 0.15) is 12.4 Å². The molecule has 0 aliphatic heterocycles. The second-order valence-corrected chi connectivity index (χ2v) is 4.86. The molecule has 2 aromatic rings. The second kappa shape index (κ2) is 5.78. The van der Waals surface area contributed by atoms with Gasteiger partial charge in [-0.15, -0.1) is 0 Å². The third kappa shape index (κ3) is 2.94. The van der Waals surface area contributed by atoms with Gasteiger partial charge in [-0.1, -0.05) is 6.07 Å². The second-order valence-electron chi connectivity index (χ2n) is 4.86. The molecule has 0 bridgehead atoms. The monoisotopic (exact) mass is 287 g/mol. The molecule has 0 fully saturated rings. The molecule has 0 aliphatic carbocycles. The van der Waals surface area contributed by atoms with Crippen molar-refractivity contribution in [2.24, 2.45) is 0 Å². The van der Waals surface area contributed by atoms with E-state index < -0.39 is 5.97 Å². The summed E-state index contributed by atoms with van der Waals surface area (Å²) in [5, 5.41) is 8.78. The summed E-state index contributed by atoms with van der Waals surface area (Å²) in [6.45, 7) is 3.38. The van der Waals surface area contributed by atoms with E-state index in [9.17, 15) is 9.59 Å². The summed E-state index contributed by atoms with van der Waals surface area (Å²) in [6, 6.07) is 7.31. The average molecular weight is 287 g/mol. The predicted molar refractivity (Wildman–Crippen MR) is 77.6 cm³/mol. The van der Waals surface area contributed by atoms with Crippen molar-refractivity contribution < 1.29 is 14.7 Å². The van der Waals surface area contributed by atoms with Crippen molar-refractivity contribution >= 4 is 11.9 Å². The molecule has 21 heavy (non-hydrogen) atoms. The number of carboxylic acid groups (broad SMARTS) is 1. The fourth-order valence-electron chi connectivity index (χ4n) is 2.30. The standard InChI is InChI=1S/C15H17N3O3/c1-10-8-12(15(21)17(3)9-14(19)20)11(2)18(10)13-6-4-5-7-16-13/h4-8H,9H2,1-3H3,(H,19,20). The third-order valence-electron chi connectivity index (χ3n) is 3.26. The Bertz CT molecular complexity index is 677. The quantitative estimate of drug-likeness (QED) is 0.927. The average Bonchev–Trinajstić information content (AvgIpc) is 2.73. The summed E-state index contributed by atoms with van der Waals surface area (Å²) in [5.74, 6) is -0.621. The highest BCUT2D eigenvalue weighted by Gasteiger charge is 2.21. The van der Waals surface area contributed by atoms with Crippen LogP contribution >= 0.6 is 0 Å². The topological polar surface area (TPSA) is 75.4 Å². The van der Waals surface area contributed by atoms with Crippen molar-refractivity contribution in [3.63, 3.8) is 0 Å². The molecule has 6 heteroatoms. The van der Waals surface area contributed by atoms with Crippen LogP contribution in [0.2, 0.25) is 0 Å². The SMILES string of the molecule is Cc1cc(C(=O)N(C)CC(=O)O)c(C)n1-c1ccccn1. The van der Waals surface area contributed by atoms with Crippen LogP contribution in [-0.4, -0.2) is 45.0 Å². The molecule has 0 aromatic carbocycles. The lowest BCUT2D eigenvalue weighted by atomic mass is 10.2. The van der Waals surface area contributed by atoms with Crippen molar-refractivity contribution in [1.29, 1.82) is 0 Å². The minimum absolute atomic E-state index is 0.312. The molecule has 0 radical (unpaired) electrons. The van der Waals surface area contributed by atoms with E-state index in [4.69, 9.17) is 5.11 Å². The summed E-state index contributed by atoms with van der Waals surface area (Å²) in [6.07, 6.45) is 1.69. The number of aliphatic carboxylic acids is 1. The van der Waals surface area contributed by atoms with Gasteiger partial charge in [0.2, 0.25) is 0 Å². The van der Waals surface area contributed by atoms with E-state index in [0.717, 1.165) is 17.2 Å². The number of pyridine rings is 1. The van der Waals surface area contributed by atoms with Crippen LogP contribution < -0.4 is 0 Å². The van der Waals surface area contributed by atoms with Gasteiger partial charge in [-0.2, -0.15) is 0 Å². The molecule has 1 N–H and O–H groups in total. The molecule has 0 aliphatic rings. The molecule has 1 amide bonds. The van der Waals surface area contributed by atoms with Gasteiger partial charge in [-0.3, -0.25) is 9.59 Å². The molecule has 0 saturated carbocycles. The predicted octanol–water partition coefficient (Wildman–Crippen LogP) is 1.65. The van der Waals surface area contributed by atoms with E-state index in [1.807, 2.05) is 36.6 Å². The van der Waals surface area contributed by atoms with Gasteiger partial charge in [0.25, 0.3) is 5.91 Å². The van der Waals surface area contributed by atoms with E-state index in [1.165, 1.54) is 11.9 Å². The minimum Gasteiger partial charge on any atom is -0.480 e. The normalized spacial score (nSPS) is 10.4. The largest absolute Gasteiger partial charge is 0.480 e. The Kier molecular flexibility index (Phi) is 4.07. The van der Waals surface area contributed by atoms with Crippen LogP contribution in [0.5, 0.6) is 0 Å². The number of rotatable bonds is 4. The Hall–Kier alpha value is -2.63. The molecule has 2 aromatic heterocycles. The highest BCUT2D eigenvalue weighted by molar-refractivity contribution is 5.97. The van der Waals surface area contributed by atoms with Gasteiger partial charge in [0, 0.05) is 24.6 Å². The van der Waals surface area contributed by atoms with Crippen molar-refractivity contribution in [2.45, 2.75) is 13.8 Å². The van der Waals surface area contributed by atoms with Crippen LogP contribution in [0.15, 0.2) is 30.5 Å². The summed E-state index contributed by atoms with van der Waals surface area (Å²) < 4.78 is 1.88. The van der Waals surface area contributed by atoms with Crippen molar-refractivity contribution in [2.75, 3.05) is 13.6 Å². The molecular formula is C15H17N3O3. The van der Waals surface area contributed by atoms with E-state index >= 15 is 0 Å². The van der Waals surface area contributed by atoms with Gasteiger partial charge >= 0.3 is 5.97 Å². The summed E-state index contributed by atoms with van der Waals surface area (Å²) in [4.78, 5) is 28.5. The molecule has 0 saturated heterocycles. The third-order valence-corrected chi connectivity index (χ3v) is 3.26. The van der Waals surface area contributed by atoms with Crippen molar-refractivity contribution in [3.05, 3.63) is 47.4 Å². The number of amides is 1. The van der Waals surface area contributed by atoms with Crippen LogP contribution in [0.25, 0.3) is 5.82 Å². The number of hydrogen-bond acceptors (Lipinski definition) is 3. The van der Waals surface area contributed by atoms with Gasteiger partial charge in [-0.25, -0.2) is 4.98 Å². The zero-order valence-corrected chi connectivity index (χ0v) is 12.2. The minimum atomic E-state index is -1.04. The number of hydrogen-bond donors (Lipinski definition) is 1. The Morgan fingerprint density at radius 3 is 2.62 bits per heavy atom. The van der Waals surface area contributed by atoms with Crippen LogP contribution in [-0.2, 0) is 4.79 Å². The van der Waals surface area contributed by atoms with E-state index in [1.54, 1.807) is 12.3 Å². The highest BCUT2D eigenvalue weighted by atomic mass is 16.4. The molecule has 0 atom stereocenters. The Balaban J connectivity index is 2.40. The summed E-state index contributed by atoms with van der Waals surface area (Å²) >= 11 is 0. The van der Waals surface area contributed by atoms with Crippen molar-refractivity contribution in [3.8, 4) is 5.82 Å². The summed E-state index contributed by atoms with van der Waals surface area (Å²) in [7, 11) is 1.48. The number of nitrogens with zero attached hydrogens (tertiary/aromatic N) is 3. The van der Waals surface area contributed by atoms with Crippen molar-refractivity contribution in [1.82, 2.24) is 14.5 Å². The number of carbonyl (C=O) groups is 2. The zero-order chi connectivity index (χ0) is 15.6. The number of aromatic nitrogens is 2. The van der Waals surface area contributed by atoms with Gasteiger partial charge < -0.3 is 14.6 Å². The molecular weight excluding hydrogens is 270 g/mol. The Labute approximate surface area is 122 Å². The zero-order valence-electron chi connectivity index (χ0n) is 12.2. The van der Waals surface area contributed by atoms with E-state index in [0.29, 0.717) is 5.56 Å². The fraction of sp³-hybridized carbons (Fsp3) is 0.267. The molecule has 0 unspecified atom stereocenters. The first-order valence-corrected chi connectivity index (χ1v) is 6.49.